The number of benzene rings is 1. The lowest BCUT2D eigenvalue weighted by Crippen LogP contribution is -2.54. The minimum atomic E-state index is -0.835. The quantitative estimate of drug-likeness (QED) is 0.748. The van der Waals surface area contributed by atoms with E-state index >= 15 is 0 Å². The third-order valence-corrected chi connectivity index (χ3v) is 3.45. The van der Waals surface area contributed by atoms with E-state index in [1.807, 2.05) is 18.2 Å². The van der Waals surface area contributed by atoms with E-state index in [-0.39, 0.29) is 12.6 Å². The molecule has 21 heavy (non-hydrogen) atoms. The van der Waals surface area contributed by atoms with E-state index < -0.39 is 5.54 Å². The number of rotatable bonds is 8. The smallest absolute Gasteiger partial charge is 0.329 e. The Morgan fingerprint density at radius 1 is 1.38 bits per heavy atom. The molecule has 0 amide bonds. The zero-order valence-electron chi connectivity index (χ0n) is 13.7. The molecule has 1 N–H and O–H groups in total. The van der Waals surface area contributed by atoms with Crippen molar-refractivity contribution in [2.75, 3.05) is 20.3 Å². The van der Waals surface area contributed by atoms with Gasteiger partial charge in [-0.2, -0.15) is 0 Å². The van der Waals surface area contributed by atoms with E-state index in [9.17, 15) is 4.79 Å². The predicted octanol–water partition coefficient (Wildman–Crippen LogP) is 3.12. The second-order valence-corrected chi connectivity index (χ2v) is 5.77. The van der Waals surface area contributed by atoms with Crippen molar-refractivity contribution in [3.8, 4) is 5.75 Å². The molecule has 0 fully saturated rings. The maximum atomic E-state index is 12.0. The molecule has 0 heterocycles. The highest BCUT2D eigenvalue weighted by atomic mass is 16.5. The highest BCUT2D eigenvalue weighted by Gasteiger charge is 2.34. The van der Waals surface area contributed by atoms with E-state index in [1.54, 1.807) is 6.92 Å². The van der Waals surface area contributed by atoms with Gasteiger partial charge in [0.2, 0.25) is 0 Å². The second kappa shape index (κ2) is 8.03. The van der Waals surface area contributed by atoms with Crippen LogP contribution in [0, 0.1) is 0 Å². The molecule has 0 aliphatic rings. The summed E-state index contributed by atoms with van der Waals surface area (Å²) in [5.74, 6) is 0.907. The molecule has 1 unspecified atom stereocenters. The summed E-state index contributed by atoms with van der Waals surface area (Å²) in [4.78, 5) is 12.0. The van der Waals surface area contributed by atoms with Gasteiger partial charge in [0.25, 0.3) is 0 Å². The monoisotopic (exact) mass is 293 g/mol. The zero-order valence-corrected chi connectivity index (χ0v) is 13.7. The van der Waals surface area contributed by atoms with Gasteiger partial charge in [0.15, 0.2) is 0 Å². The Kier molecular flexibility index (Phi) is 6.69. The third kappa shape index (κ3) is 5.05. The van der Waals surface area contributed by atoms with Crippen LogP contribution >= 0.6 is 0 Å². The Morgan fingerprint density at radius 2 is 2.10 bits per heavy atom. The molecule has 118 valence electrons. The molecule has 0 radical (unpaired) electrons. The summed E-state index contributed by atoms with van der Waals surface area (Å²) in [5, 5.41) is 3.20. The van der Waals surface area contributed by atoms with Gasteiger partial charge in [-0.1, -0.05) is 32.9 Å². The van der Waals surface area contributed by atoms with E-state index in [4.69, 9.17) is 9.47 Å². The SMILES string of the molecule is CCCNC(C)(COc1cccc(C(C)C)c1)C(=O)OC. The molecule has 0 saturated carbocycles. The number of esters is 1. The highest BCUT2D eigenvalue weighted by Crippen LogP contribution is 2.21. The fourth-order valence-electron chi connectivity index (χ4n) is 2.00. The molecule has 4 nitrogen and oxygen atoms in total. The van der Waals surface area contributed by atoms with Crippen LogP contribution in [-0.2, 0) is 9.53 Å². The van der Waals surface area contributed by atoms with Gasteiger partial charge in [0, 0.05) is 0 Å². The van der Waals surface area contributed by atoms with Crippen LogP contribution in [-0.4, -0.2) is 31.8 Å². The minimum Gasteiger partial charge on any atom is -0.491 e. The molecular formula is C17H27NO3. The maximum Gasteiger partial charge on any atom is 0.329 e. The van der Waals surface area contributed by atoms with Gasteiger partial charge >= 0.3 is 5.97 Å². The Hall–Kier alpha value is -1.55. The van der Waals surface area contributed by atoms with Gasteiger partial charge in [-0.25, -0.2) is 4.79 Å². The van der Waals surface area contributed by atoms with Crippen molar-refractivity contribution in [1.82, 2.24) is 5.32 Å². The first-order valence-electron chi connectivity index (χ1n) is 7.49. The number of methoxy groups -OCH3 is 1. The van der Waals surface area contributed by atoms with Crippen molar-refractivity contribution in [3.05, 3.63) is 29.8 Å². The summed E-state index contributed by atoms with van der Waals surface area (Å²) < 4.78 is 10.7. The molecule has 0 bridgehead atoms. The number of carbonyl (C=O) groups excluding carboxylic acids is 1. The Labute approximate surface area is 127 Å². The van der Waals surface area contributed by atoms with Crippen LogP contribution in [0.4, 0.5) is 0 Å². The van der Waals surface area contributed by atoms with Gasteiger partial charge in [0.1, 0.15) is 17.9 Å². The molecule has 1 aromatic rings. The molecule has 0 spiro atoms. The molecule has 1 atom stereocenters. The molecule has 1 rings (SSSR count). The van der Waals surface area contributed by atoms with Gasteiger partial charge in [-0.3, -0.25) is 5.32 Å². The fraction of sp³-hybridized carbons (Fsp3) is 0.588. The summed E-state index contributed by atoms with van der Waals surface area (Å²) in [6.07, 6.45) is 0.940. The van der Waals surface area contributed by atoms with Crippen LogP contribution < -0.4 is 10.1 Å². The molecule has 0 aromatic heterocycles. The van der Waals surface area contributed by atoms with E-state index in [0.29, 0.717) is 5.92 Å². The lowest BCUT2D eigenvalue weighted by molar-refractivity contribution is -0.149. The molecule has 4 heteroatoms. The van der Waals surface area contributed by atoms with Crippen LogP contribution in [0.15, 0.2) is 24.3 Å². The largest absolute Gasteiger partial charge is 0.491 e. The average Bonchev–Trinajstić information content (AvgIpc) is 2.50. The second-order valence-electron chi connectivity index (χ2n) is 5.77. The van der Waals surface area contributed by atoms with E-state index in [1.165, 1.54) is 12.7 Å². The van der Waals surface area contributed by atoms with Crippen molar-refractivity contribution < 1.29 is 14.3 Å². The van der Waals surface area contributed by atoms with Gasteiger partial charge in [0.05, 0.1) is 7.11 Å². The van der Waals surface area contributed by atoms with Crippen molar-refractivity contribution >= 4 is 5.97 Å². The Morgan fingerprint density at radius 3 is 2.67 bits per heavy atom. The molecular weight excluding hydrogens is 266 g/mol. The van der Waals surface area contributed by atoms with Crippen molar-refractivity contribution in [3.63, 3.8) is 0 Å². The Bertz CT molecular complexity index is 459. The summed E-state index contributed by atoms with van der Waals surface area (Å²) >= 11 is 0. The predicted molar refractivity (Wildman–Crippen MR) is 84.7 cm³/mol. The molecule has 0 aliphatic carbocycles. The molecule has 0 aliphatic heterocycles. The average molecular weight is 293 g/mol. The number of ether oxygens (including phenoxy) is 2. The topological polar surface area (TPSA) is 47.6 Å². The van der Waals surface area contributed by atoms with Crippen molar-refractivity contribution in [2.45, 2.75) is 45.6 Å². The Balaban J connectivity index is 2.76. The summed E-state index contributed by atoms with van der Waals surface area (Å²) in [6, 6.07) is 7.97. The zero-order chi connectivity index (χ0) is 15.9. The van der Waals surface area contributed by atoms with Gasteiger partial charge in [-0.05, 0) is 43.5 Å². The fourth-order valence-corrected chi connectivity index (χ4v) is 2.00. The number of hydrogen-bond donors (Lipinski definition) is 1. The van der Waals surface area contributed by atoms with Crippen LogP contribution in [0.25, 0.3) is 0 Å². The summed E-state index contributed by atoms with van der Waals surface area (Å²) in [7, 11) is 1.40. The van der Waals surface area contributed by atoms with Crippen LogP contribution in [0.5, 0.6) is 5.75 Å². The first-order valence-corrected chi connectivity index (χ1v) is 7.49. The first-order chi connectivity index (χ1) is 9.92. The number of carbonyl (C=O) groups is 1. The van der Waals surface area contributed by atoms with E-state index in [2.05, 4.69) is 32.2 Å². The van der Waals surface area contributed by atoms with Gasteiger partial charge < -0.3 is 9.47 Å². The minimum absolute atomic E-state index is 0.237. The number of nitrogens with one attached hydrogen (secondary N) is 1. The van der Waals surface area contributed by atoms with Crippen LogP contribution in [0.3, 0.4) is 0 Å². The van der Waals surface area contributed by atoms with Crippen LogP contribution in [0.1, 0.15) is 45.6 Å². The van der Waals surface area contributed by atoms with E-state index in [0.717, 1.165) is 18.7 Å². The highest BCUT2D eigenvalue weighted by molar-refractivity contribution is 5.80. The lowest BCUT2D eigenvalue weighted by atomic mass is 10.0. The normalized spacial score (nSPS) is 13.8. The molecule has 1 aromatic carbocycles. The standard InChI is InChI=1S/C17H27NO3/c1-6-10-18-17(4,16(19)20-5)12-21-15-9-7-8-14(11-15)13(2)3/h7-9,11,13,18H,6,10,12H2,1-5H3. The maximum absolute atomic E-state index is 12.0. The first kappa shape index (κ1) is 17.5. The van der Waals surface area contributed by atoms with Crippen LogP contribution in [0.2, 0.25) is 0 Å². The third-order valence-electron chi connectivity index (χ3n) is 3.45. The van der Waals surface area contributed by atoms with Gasteiger partial charge in [-0.15, -0.1) is 0 Å². The number of hydrogen-bond acceptors (Lipinski definition) is 4. The van der Waals surface area contributed by atoms with Crippen molar-refractivity contribution in [1.29, 1.82) is 0 Å². The summed E-state index contributed by atoms with van der Waals surface area (Å²) in [5.41, 5.74) is 0.382. The summed E-state index contributed by atoms with van der Waals surface area (Å²) in [6.45, 7) is 9.11. The lowest BCUT2D eigenvalue weighted by Gasteiger charge is -2.28. The van der Waals surface area contributed by atoms with Crippen molar-refractivity contribution in [2.24, 2.45) is 0 Å². The molecule has 0 saturated heterocycles.